The lowest BCUT2D eigenvalue weighted by molar-refractivity contribution is -0.128. The van der Waals surface area contributed by atoms with Gasteiger partial charge in [0.1, 0.15) is 0 Å². The summed E-state index contributed by atoms with van der Waals surface area (Å²) >= 11 is 0. The summed E-state index contributed by atoms with van der Waals surface area (Å²) in [7, 11) is 1.92. The molecule has 1 aliphatic carbocycles. The smallest absolute Gasteiger partial charge is 0.237 e. The summed E-state index contributed by atoms with van der Waals surface area (Å²) < 4.78 is 0. The first-order valence-corrected chi connectivity index (χ1v) is 7.44. The third-order valence-corrected chi connectivity index (χ3v) is 4.46. The molecule has 2 N–H and O–H groups in total. The molecular formula is C15H30N2O2. The summed E-state index contributed by atoms with van der Waals surface area (Å²) in [5.41, 5.74) is -0.764. The third-order valence-electron chi connectivity index (χ3n) is 4.46. The van der Waals surface area contributed by atoms with E-state index in [1.165, 1.54) is 0 Å². The maximum absolute atomic E-state index is 12.2. The van der Waals surface area contributed by atoms with E-state index in [4.69, 9.17) is 0 Å². The van der Waals surface area contributed by atoms with Crippen molar-refractivity contribution in [1.29, 1.82) is 0 Å². The van der Waals surface area contributed by atoms with Gasteiger partial charge in [0, 0.05) is 12.1 Å². The third kappa shape index (κ3) is 4.77. The molecule has 0 heterocycles. The van der Waals surface area contributed by atoms with E-state index in [0.717, 1.165) is 32.1 Å². The van der Waals surface area contributed by atoms with Gasteiger partial charge in [0.15, 0.2) is 0 Å². The Labute approximate surface area is 117 Å². The molecule has 0 aromatic carbocycles. The second kappa shape index (κ2) is 6.23. The minimum absolute atomic E-state index is 0.0379. The lowest BCUT2D eigenvalue weighted by atomic mass is 10.00. The van der Waals surface area contributed by atoms with E-state index in [0.29, 0.717) is 6.54 Å². The van der Waals surface area contributed by atoms with Crippen molar-refractivity contribution >= 4 is 5.91 Å². The zero-order valence-corrected chi connectivity index (χ0v) is 13.1. The van der Waals surface area contributed by atoms with Crippen LogP contribution in [0, 0.1) is 0 Å². The molecule has 19 heavy (non-hydrogen) atoms. The Hall–Kier alpha value is -0.610. The molecule has 1 aliphatic rings. The van der Waals surface area contributed by atoms with Crippen LogP contribution in [0.5, 0.6) is 0 Å². The van der Waals surface area contributed by atoms with Crippen molar-refractivity contribution in [2.24, 2.45) is 0 Å². The van der Waals surface area contributed by atoms with Crippen LogP contribution in [0.15, 0.2) is 0 Å². The van der Waals surface area contributed by atoms with Crippen molar-refractivity contribution in [3.05, 3.63) is 0 Å². The first-order valence-electron chi connectivity index (χ1n) is 7.44. The van der Waals surface area contributed by atoms with Gasteiger partial charge in [0.25, 0.3) is 0 Å². The molecule has 0 aliphatic heterocycles. The number of carbonyl (C=O) groups excluding carboxylic acids is 1. The van der Waals surface area contributed by atoms with E-state index in [1.807, 2.05) is 32.7 Å². The van der Waals surface area contributed by atoms with Crippen LogP contribution in [0.25, 0.3) is 0 Å². The van der Waals surface area contributed by atoms with Crippen molar-refractivity contribution in [2.45, 2.75) is 77.0 Å². The second-order valence-electron chi connectivity index (χ2n) is 6.75. The number of likely N-dealkylation sites (N-methyl/N-ethyl adjacent to an activating group) is 1. The largest absolute Gasteiger partial charge is 0.389 e. The maximum Gasteiger partial charge on any atom is 0.237 e. The van der Waals surface area contributed by atoms with E-state index in [-0.39, 0.29) is 17.5 Å². The highest BCUT2D eigenvalue weighted by Crippen LogP contribution is 2.30. The van der Waals surface area contributed by atoms with Gasteiger partial charge in [0.05, 0.1) is 11.6 Å². The predicted octanol–water partition coefficient (Wildman–Crippen LogP) is 1.92. The molecule has 1 fully saturated rings. The fourth-order valence-corrected chi connectivity index (χ4v) is 2.52. The zero-order chi connectivity index (χ0) is 14.7. The second-order valence-corrected chi connectivity index (χ2v) is 6.75. The van der Waals surface area contributed by atoms with Crippen molar-refractivity contribution in [3.8, 4) is 0 Å². The number of aliphatic hydroxyl groups is 1. The Morgan fingerprint density at radius 3 is 2.42 bits per heavy atom. The quantitative estimate of drug-likeness (QED) is 0.775. The van der Waals surface area contributed by atoms with Crippen LogP contribution < -0.4 is 5.32 Å². The van der Waals surface area contributed by atoms with Gasteiger partial charge in [-0.15, -0.1) is 0 Å². The molecule has 4 nitrogen and oxygen atoms in total. The number of carbonyl (C=O) groups is 1. The summed E-state index contributed by atoms with van der Waals surface area (Å²) in [5.74, 6) is 0.0379. The molecule has 1 saturated carbocycles. The van der Waals surface area contributed by atoms with Gasteiger partial charge in [0.2, 0.25) is 5.91 Å². The van der Waals surface area contributed by atoms with Gasteiger partial charge < -0.3 is 10.4 Å². The van der Waals surface area contributed by atoms with E-state index in [1.54, 1.807) is 0 Å². The van der Waals surface area contributed by atoms with Gasteiger partial charge in [-0.05, 0) is 47.1 Å². The summed E-state index contributed by atoms with van der Waals surface area (Å²) in [6, 6.07) is -0.213. The van der Waals surface area contributed by atoms with E-state index >= 15 is 0 Å². The molecule has 0 radical (unpaired) electrons. The lowest BCUT2D eigenvalue weighted by Crippen LogP contribution is -2.53. The number of rotatable bonds is 6. The Kier molecular flexibility index (Phi) is 5.39. The molecule has 0 bridgehead atoms. The summed E-state index contributed by atoms with van der Waals surface area (Å²) in [4.78, 5) is 14.2. The van der Waals surface area contributed by atoms with Crippen molar-refractivity contribution in [1.82, 2.24) is 10.2 Å². The van der Waals surface area contributed by atoms with Crippen LogP contribution in [0.2, 0.25) is 0 Å². The number of hydrogen-bond acceptors (Lipinski definition) is 3. The Morgan fingerprint density at radius 2 is 1.95 bits per heavy atom. The standard InChI is InChI=1S/C15H30N2O2/c1-6-14(3,4)16-13(18)12(2)17(5)11-15(19)9-7-8-10-15/h12,19H,6-11H2,1-5H3,(H,16,18). The average Bonchev–Trinajstić information content (AvgIpc) is 2.74. The molecule has 0 aromatic heterocycles. The maximum atomic E-state index is 12.2. The van der Waals surface area contributed by atoms with Crippen LogP contribution in [0.1, 0.15) is 59.8 Å². The summed E-state index contributed by atoms with van der Waals surface area (Å²) in [6.07, 6.45) is 4.79. The fourth-order valence-electron chi connectivity index (χ4n) is 2.52. The average molecular weight is 270 g/mol. The van der Waals surface area contributed by atoms with Gasteiger partial charge in [-0.25, -0.2) is 0 Å². The first kappa shape index (κ1) is 16.4. The monoisotopic (exact) mass is 270 g/mol. The van der Waals surface area contributed by atoms with Crippen LogP contribution in [0.3, 0.4) is 0 Å². The molecule has 1 atom stereocenters. The molecule has 1 rings (SSSR count). The van der Waals surface area contributed by atoms with E-state index in [9.17, 15) is 9.90 Å². The summed E-state index contributed by atoms with van der Waals surface area (Å²) in [6.45, 7) is 8.60. The van der Waals surface area contributed by atoms with Crippen LogP contribution in [-0.4, -0.2) is 46.7 Å². The highest BCUT2D eigenvalue weighted by atomic mass is 16.3. The molecule has 0 aromatic rings. The SMILES string of the molecule is CCC(C)(C)NC(=O)C(C)N(C)CC1(O)CCCC1. The minimum Gasteiger partial charge on any atom is -0.389 e. The van der Waals surface area contributed by atoms with Crippen LogP contribution in [0.4, 0.5) is 0 Å². The normalized spacial score (nSPS) is 20.6. The summed E-state index contributed by atoms with van der Waals surface area (Å²) in [5, 5.41) is 13.5. The fraction of sp³-hybridized carbons (Fsp3) is 0.933. The molecule has 0 spiro atoms. The molecular weight excluding hydrogens is 240 g/mol. The van der Waals surface area contributed by atoms with Crippen molar-refractivity contribution in [2.75, 3.05) is 13.6 Å². The van der Waals surface area contributed by atoms with Crippen LogP contribution >= 0.6 is 0 Å². The number of nitrogens with one attached hydrogen (secondary N) is 1. The zero-order valence-electron chi connectivity index (χ0n) is 13.1. The molecule has 0 saturated heterocycles. The number of amides is 1. The van der Waals surface area contributed by atoms with Gasteiger partial charge in [-0.1, -0.05) is 19.8 Å². The first-order chi connectivity index (χ1) is 8.69. The molecule has 1 amide bonds. The van der Waals surface area contributed by atoms with E-state index < -0.39 is 5.60 Å². The van der Waals surface area contributed by atoms with Crippen LogP contribution in [-0.2, 0) is 4.79 Å². The highest BCUT2D eigenvalue weighted by Gasteiger charge is 2.34. The Bertz CT molecular complexity index is 309. The Morgan fingerprint density at radius 1 is 1.42 bits per heavy atom. The molecule has 112 valence electrons. The molecule has 1 unspecified atom stereocenters. The van der Waals surface area contributed by atoms with E-state index in [2.05, 4.69) is 12.2 Å². The minimum atomic E-state index is -0.594. The van der Waals surface area contributed by atoms with Gasteiger partial charge in [-0.3, -0.25) is 9.69 Å². The van der Waals surface area contributed by atoms with Gasteiger partial charge >= 0.3 is 0 Å². The Balaban J connectivity index is 2.51. The molecule has 4 heteroatoms. The number of hydrogen-bond donors (Lipinski definition) is 2. The number of nitrogens with zero attached hydrogens (tertiary/aromatic N) is 1. The lowest BCUT2D eigenvalue weighted by Gasteiger charge is -2.34. The van der Waals surface area contributed by atoms with Crippen molar-refractivity contribution in [3.63, 3.8) is 0 Å². The highest BCUT2D eigenvalue weighted by molar-refractivity contribution is 5.81. The van der Waals surface area contributed by atoms with Gasteiger partial charge in [-0.2, -0.15) is 0 Å². The van der Waals surface area contributed by atoms with Crippen molar-refractivity contribution < 1.29 is 9.90 Å². The topological polar surface area (TPSA) is 52.6 Å². The predicted molar refractivity (Wildman–Crippen MR) is 78.0 cm³/mol.